The molecule has 1 heterocycles. The van der Waals surface area contributed by atoms with Crippen molar-refractivity contribution in [3.8, 4) is 11.1 Å². The Kier molecular flexibility index (Phi) is 2.92. The van der Waals surface area contributed by atoms with Gasteiger partial charge in [0.05, 0.1) is 4.90 Å². The third-order valence-electron chi connectivity index (χ3n) is 2.99. The Labute approximate surface area is 116 Å². The van der Waals surface area contributed by atoms with Crippen molar-refractivity contribution in [1.82, 2.24) is 0 Å². The summed E-state index contributed by atoms with van der Waals surface area (Å²) in [7, 11) is -3.17. The Morgan fingerprint density at radius 2 is 1.84 bits per heavy atom. The van der Waals surface area contributed by atoms with Gasteiger partial charge in [0.25, 0.3) is 0 Å². The summed E-state index contributed by atoms with van der Waals surface area (Å²) in [6.45, 7) is 0. The van der Waals surface area contributed by atoms with Crippen molar-refractivity contribution < 1.29 is 8.42 Å². The van der Waals surface area contributed by atoms with Crippen molar-refractivity contribution in [2.45, 2.75) is 4.90 Å². The molecule has 0 unspecified atom stereocenters. The zero-order valence-corrected chi connectivity index (χ0v) is 11.9. The molecule has 0 atom stereocenters. The minimum Gasteiger partial charge on any atom is -0.224 e. The number of hydrogen-bond donors (Lipinski definition) is 0. The van der Waals surface area contributed by atoms with E-state index in [9.17, 15) is 8.42 Å². The molecule has 19 heavy (non-hydrogen) atoms. The van der Waals surface area contributed by atoms with E-state index in [1.54, 1.807) is 29.5 Å². The molecule has 0 spiro atoms. The monoisotopic (exact) mass is 287 g/mol. The molecule has 0 bridgehead atoms. The number of rotatable bonds is 2. The molecule has 0 amide bonds. The first-order valence-electron chi connectivity index (χ1n) is 5.74. The quantitative estimate of drug-likeness (QED) is 0.719. The molecule has 1 aromatic heterocycles. The van der Waals surface area contributed by atoms with Crippen LogP contribution in [0.15, 0.2) is 53.4 Å². The van der Waals surface area contributed by atoms with E-state index in [1.165, 1.54) is 6.26 Å². The highest BCUT2D eigenvalue weighted by Gasteiger charge is 2.08. The fourth-order valence-corrected chi connectivity index (χ4v) is 3.39. The molecule has 0 aliphatic carbocycles. The second-order valence-electron chi connectivity index (χ2n) is 4.42. The lowest BCUT2D eigenvalue weighted by molar-refractivity contribution is 0.602. The normalized spacial score (nSPS) is 11.8. The van der Waals surface area contributed by atoms with Gasteiger partial charge in [0.1, 0.15) is 0 Å². The summed E-state index contributed by atoms with van der Waals surface area (Å²) >= 11 is 1.56. The van der Waals surface area contributed by atoms with Crippen LogP contribution in [0.5, 0.6) is 0 Å². The standard InChI is InChI=1S/C15H11O2S2/c1-19(16,17)14-4-2-3-12(9-14)13-6-5-11-7-8-18-15(11)10-13/h2-7,9-10H,1H3. The van der Waals surface area contributed by atoms with Crippen molar-refractivity contribution in [2.75, 3.05) is 6.26 Å². The van der Waals surface area contributed by atoms with Gasteiger partial charge in [-0.05, 0) is 40.8 Å². The Morgan fingerprint density at radius 1 is 1.05 bits per heavy atom. The van der Waals surface area contributed by atoms with E-state index in [2.05, 4.69) is 11.4 Å². The predicted molar refractivity (Wildman–Crippen MR) is 79.2 cm³/mol. The fourth-order valence-electron chi connectivity index (χ4n) is 1.98. The van der Waals surface area contributed by atoms with Gasteiger partial charge in [-0.1, -0.05) is 24.3 Å². The molecule has 0 aliphatic heterocycles. The summed E-state index contributed by atoms with van der Waals surface area (Å²) in [6, 6.07) is 15.1. The summed E-state index contributed by atoms with van der Waals surface area (Å²) in [5.41, 5.74) is 1.94. The van der Waals surface area contributed by atoms with Gasteiger partial charge in [-0.15, -0.1) is 11.3 Å². The van der Waals surface area contributed by atoms with Crippen LogP contribution in [-0.4, -0.2) is 14.7 Å². The van der Waals surface area contributed by atoms with Gasteiger partial charge in [0.15, 0.2) is 9.84 Å². The molecule has 2 nitrogen and oxygen atoms in total. The first kappa shape index (κ1) is 12.4. The smallest absolute Gasteiger partial charge is 0.175 e. The van der Waals surface area contributed by atoms with Gasteiger partial charge < -0.3 is 0 Å². The number of benzene rings is 2. The summed E-state index contributed by atoms with van der Waals surface area (Å²) < 4.78 is 24.3. The lowest BCUT2D eigenvalue weighted by Gasteiger charge is -2.04. The van der Waals surface area contributed by atoms with Crippen LogP contribution in [0.25, 0.3) is 21.2 Å². The molecule has 1 radical (unpaired) electrons. The van der Waals surface area contributed by atoms with Crippen LogP contribution < -0.4 is 0 Å². The van der Waals surface area contributed by atoms with Gasteiger partial charge in [0, 0.05) is 16.3 Å². The highest BCUT2D eigenvalue weighted by molar-refractivity contribution is 7.90. The van der Waals surface area contributed by atoms with Gasteiger partial charge in [-0.2, -0.15) is 0 Å². The molecule has 0 saturated carbocycles. The Morgan fingerprint density at radius 3 is 2.63 bits per heavy atom. The number of fused-ring (bicyclic) bond motifs is 1. The Hall–Kier alpha value is -1.65. The summed E-state index contributed by atoms with van der Waals surface area (Å²) in [5.74, 6) is 0. The minimum atomic E-state index is -3.17. The highest BCUT2D eigenvalue weighted by atomic mass is 32.2. The van der Waals surface area contributed by atoms with Gasteiger partial charge in [0.2, 0.25) is 0 Å². The Balaban J connectivity index is 2.15. The molecule has 0 aliphatic rings. The lowest BCUT2D eigenvalue weighted by Crippen LogP contribution is -1.96. The van der Waals surface area contributed by atoms with Crippen molar-refractivity contribution >= 4 is 31.3 Å². The number of thiophene rings is 1. The van der Waals surface area contributed by atoms with E-state index in [-0.39, 0.29) is 0 Å². The minimum absolute atomic E-state index is 0.350. The maximum atomic E-state index is 11.6. The molecular weight excluding hydrogens is 276 g/mol. The maximum absolute atomic E-state index is 11.6. The number of sulfone groups is 1. The average molecular weight is 287 g/mol. The van der Waals surface area contributed by atoms with Gasteiger partial charge in [-0.25, -0.2) is 8.42 Å². The van der Waals surface area contributed by atoms with Crippen LogP contribution in [0.2, 0.25) is 0 Å². The van der Waals surface area contributed by atoms with E-state index in [0.717, 1.165) is 21.2 Å². The van der Waals surface area contributed by atoms with Gasteiger partial charge in [-0.3, -0.25) is 0 Å². The molecule has 3 aromatic rings. The van der Waals surface area contributed by atoms with Crippen LogP contribution >= 0.6 is 11.3 Å². The first-order valence-corrected chi connectivity index (χ1v) is 8.45. The van der Waals surface area contributed by atoms with Crippen LogP contribution in [0.1, 0.15) is 0 Å². The van der Waals surface area contributed by atoms with Crippen molar-refractivity contribution in [3.05, 3.63) is 53.9 Å². The summed E-state index contributed by atoms with van der Waals surface area (Å²) in [5, 5.41) is 4.26. The average Bonchev–Trinajstić information content (AvgIpc) is 2.85. The summed E-state index contributed by atoms with van der Waals surface area (Å²) in [4.78, 5) is 0.350. The molecule has 3 rings (SSSR count). The van der Waals surface area contributed by atoms with E-state index in [1.807, 2.05) is 24.3 Å². The second kappa shape index (κ2) is 4.47. The van der Waals surface area contributed by atoms with Crippen LogP contribution in [0.4, 0.5) is 0 Å². The lowest BCUT2D eigenvalue weighted by atomic mass is 10.1. The summed E-state index contributed by atoms with van der Waals surface area (Å²) in [6.07, 6.45) is 1.23. The second-order valence-corrected chi connectivity index (χ2v) is 7.31. The van der Waals surface area contributed by atoms with E-state index in [0.29, 0.717) is 4.90 Å². The molecule has 2 aromatic carbocycles. The third-order valence-corrected chi connectivity index (χ3v) is 4.91. The van der Waals surface area contributed by atoms with Crippen LogP contribution in [0, 0.1) is 5.38 Å². The molecule has 0 fully saturated rings. The molecular formula is C15H11O2S2. The molecule has 0 N–H and O–H groups in total. The highest BCUT2D eigenvalue weighted by Crippen LogP contribution is 2.28. The number of hydrogen-bond acceptors (Lipinski definition) is 3. The first-order chi connectivity index (χ1) is 9.04. The van der Waals surface area contributed by atoms with Crippen molar-refractivity contribution in [3.63, 3.8) is 0 Å². The maximum Gasteiger partial charge on any atom is 0.175 e. The van der Waals surface area contributed by atoms with Crippen LogP contribution in [-0.2, 0) is 9.84 Å². The van der Waals surface area contributed by atoms with E-state index >= 15 is 0 Å². The molecule has 0 saturated heterocycles. The van der Waals surface area contributed by atoms with Crippen molar-refractivity contribution in [1.29, 1.82) is 0 Å². The topological polar surface area (TPSA) is 34.1 Å². The van der Waals surface area contributed by atoms with E-state index < -0.39 is 9.84 Å². The predicted octanol–water partition coefficient (Wildman–Crippen LogP) is 3.77. The molecule has 95 valence electrons. The Bertz CT molecular complexity index is 845. The fraction of sp³-hybridized carbons (Fsp3) is 0.0667. The third kappa shape index (κ3) is 2.41. The SMILES string of the molecule is CS(=O)(=O)c1cccc(-c2ccc3c[c]sc3c2)c1. The van der Waals surface area contributed by atoms with Crippen LogP contribution in [0.3, 0.4) is 0 Å². The van der Waals surface area contributed by atoms with Crippen molar-refractivity contribution in [2.24, 2.45) is 0 Å². The zero-order valence-electron chi connectivity index (χ0n) is 10.3. The van der Waals surface area contributed by atoms with E-state index in [4.69, 9.17) is 0 Å². The molecule has 4 heteroatoms. The zero-order chi connectivity index (χ0) is 13.5. The van der Waals surface area contributed by atoms with Gasteiger partial charge >= 0.3 is 0 Å². The largest absolute Gasteiger partial charge is 0.224 e.